The SMILES string of the molecule is CNc1ccc(C(=O)Nc2nc3c(s2)CN(c2cc(OC)nc(OC)n2)CC3)cc1. The minimum atomic E-state index is -0.175. The highest BCUT2D eigenvalue weighted by atomic mass is 32.1. The average molecular weight is 427 g/mol. The molecule has 1 aliphatic rings. The second-order valence-corrected chi connectivity index (χ2v) is 7.68. The Kier molecular flexibility index (Phi) is 5.66. The number of ether oxygens (including phenoxy) is 2. The van der Waals surface area contributed by atoms with Crippen molar-refractivity contribution in [2.45, 2.75) is 13.0 Å². The topological polar surface area (TPSA) is 102 Å². The van der Waals surface area contributed by atoms with Gasteiger partial charge in [0.25, 0.3) is 5.91 Å². The number of rotatable bonds is 6. The van der Waals surface area contributed by atoms with Crippen molar-refractivity contribution in [1.82, 2.24) is 15.0 Å². The maximum Gasteiger partial charge on any atom is 0.321 e. The summed E-state index contributed by atoms with van der Waals surface area (Å²) >= 11 is 1.48. The van der Waals surface area contributed by atoms with Gasteiger partial charge in [-0.15, -0.1) is 0 Å². The molecule has 0 unspecified atom stereocenters. The van der Waals surface area contributed by atoms with E-state index in [4.69, 9.17) is 9.47 Å². The number of hydrogen-bond acceptors (Lipinski definition) is 9. The third-order valence-electron chi connectivity index (χ3n) is 4.77. The Bertz CT molecular complexity index is 1030. The lowest BCUT2D eigenvalue weighted by atomic mass is 10.2. The summed E-state index contributed by atoms with van der Waals surface area (Å²) in [5.41, 5.74) is 2.54. The van der Waals surface area contributed by atoms with Crippen LogP contribution in [0.3, 0.4) is 0 Å². The summed E-state index contributed by atoms with van der Waals surface area (Å²) in [5.74, 6) is 1.00. The van der Waals surface area contributed by atoms with Crippen LogP contribution in [-0.4, -0.2) is 48.7 Å². The molecule has 1 amide bonds. The van der Waals surface area contributed by atoms with Gasteiger partial charge >= 0.3 is 6.01 Å². The molecule has 0 aliphatic carbocycles. The summed E-state index contributed by atoms with van der Waals surface area (Å²) in [7, 11) is 4.92. The van der Waals surface area contributed by atoms with Crippen molar-refractivity contribution in [3.8, 4) is 11.9 Å². The van der Waals surface area contributed by atoms with Crippen molar-refractivity contribution in [3.63, 3.8) is 0 Å². The lowest BCUT2D eigenvalue weighted by molar-refractivity contribution is 0.102. The molecule has 1 aromatic carbocycles. The average Bonchev–Trinajstić information content (AvgIpc) is 3.20. The van der Waals surface area contributed by atoms with Gasteiger partial charge < -0.3 is 19.7 Å². The minimum absolute atomic E-state index is 0.175. The van der Waals surface area contributed by atoms with Crippen LogP contribution in [0, 0.1) is 0 Å². The second-order valence-electron chi connectivity index (χ2n) is 6.60. The molecule has 0 radical (unpaired) electrons. The van der Waals surface area contributed by atoms with Crippen molar-refractivity contribution in [1.29, 1.82) is 0 Å². The first-order valence-electron chi connectivity index (χ1n) is 9.39. The lowest BCUT2D eigenvalue weighted by Crippen LogP contribution is -2.30. The third kappa shape index (κ3) is 4.13. The number of fused-ring (bicyclic) bond motifs is 1. The molecule has 3 heterocycles. The molecular weight excluding hydrogens is 404 g/mol. The second kappa shape index (κ2) is 8.54. The number of thiazole rings is 1. The Balaban J connectivity index is 1.48. The molecule has 1 aliphatic heterocycles. The highest BCUT2D eigenvalue weighted by Gasteiger charge is 2.23. The van der Waals surface area contributed by atoms with Gasteiger partial charge in [0.1, 0.15) is 5.82 Å². The number of nitrogens with one attached hydrogen (secondary N) is 2. The van der Waals surface area contributed by atoms with Crippen LogP contribution in [0.5, 0.6) is 11.9 Å². The van der Waals surface area contributed by atoms with E-state index in [9.17, 15) is 4.79 Å². The first-order chi connectivity index (χ1) is 14.6. The molecule has 2 N–H and O–H groups in total. The smallest absolute Gasteiger partial charge is 0.321 e. The predicted molar refractivity (Wildman–Crippen MR) is 116 cm³/mol. The zero-order valence-corrected chi connectivity index (χ0v) is 17.7. The van der Waals surface area contributed by atoms with Crippen molar-refractivity contribution in [3.05, 3.63) is 46.5 Å². The lowest BCUT2D eigenvalue weighted by Gasteiger charge is -2.27. The summed E-state index contributed by atoms with van der Waals surface area (Å²) in [6.45, 7) is 1.39. The zero-order valence-electron chi connectivity index (χ0n) is 16.9. The fraction of sp³-hybridized carbons (Fsp3) is 0.300. The van der Waals surface area contributed by atoms with Gasteiger partial charge in [0.05, 0.1) is 26.5 Å². The molecule has 156 valence electrons. The number of carbonyl (C=O) groups is 1. The standard InChI is InChI=1S/C20H22N6O3S/c1-21-13-6-4-12(5-7-13)18(27)25-20-22-14-8-9-26(11-15(14)30-20)16-10-17(28-2)24-19(23-16)29-3/h4-7,10,21H,8-9,11H2,1-3H3,(H,22,25,27). The Morgan fingerprint density at radius 1 is 1.13 bits per heavy atom. The van der Waals surface area contributed by atoms with E-state index in [-0.39, 0.29) is 11.9 Å². The van der Waals surface area contributed by atoms with Crippen LogP contribution in [0.4, 0.5) is 16.6 Å². The zero-order chi connectivity index (χ0) is 21.1. The van der Waals surface area contributed by atoms with Crippen molar-refractivity contribution in [2.75, 3.05) is 43.3 Å². The van der Waals surface area contributed by atoms with Crippen LogP contribution < -0.4 is 25.0 Å². The number of benzene rings is 1. The van der Waals surface area contributed by atoms with Crippen LogP contribution >= 0.6 is 11.3 Å². The minimum Gasteiger partial charge on any atom is -0.481 e. The quantitative estimate of drug-likeness (QED) is 0.621. The Morgan fingerprint density at radius 2 is 1.93 bits per heavy atom. The Hall–Kier alpha value is -3.40. The van der Waals surface area contributed by atoms with Gasteiger partial charge in [-0.25, -0.2) is 4.98 Å². The molecule has 0 spiro atoms. The summed E-state index contributed by atoms with van der Waals surface area (Å²) in [6.07, 6.45) is 0.757. The highest BCUT2D eigenvalue weighted by molar-refractivity contribution is 7.15. The third-order valence-corrected chi connectivity index (χ3v) is 5.77. The van der Waals surface area contributed by atoms with Gasteiger partial charge in [-0.05, 0) is 24.3 Å². The van der Waals surface area contributed by atoms with Crippen LogP contribution in [0.1, 0.15) is 20.9 Å². The molecule has 10 heteroatoms. The summed E-state index contributed by atoms with van der Waals surface area (Å²) in [5, 5.41) is 6.54. The van der Waals surface area contributed by atoms with Gasteiger partial charge in [-0.2, -0.15) is 9.97 Å². The Labute approximate surface area is 178 Å². The van der Waals surface area contributed by atoms with E-state index < -0.39 is 0 Å². The largest absolute Gasteiger partial charge is 0.481 e. The number of methoxy groups -OCH3 is 2. The fourth-order valence-electron chi connectivity index (χ4n) is 3.15. The molecule has 0 fully saturated rings. The molecule has 2 aromatic heterocycles. The number of nitrogens with zero attached hydrogens (tertiary/aromatic N) is 4. The molecule has 3 aromatic rings. The van der Waals surface area contributed by atoms with E-state index >= 15 is 0 Å². The van der Waals surface area contributed by atoms with E-state index in [0.29, 0.717) is 23.1 Å². The summed E-state index contributed by atoms with van der Waals surface area (Å²) in [4.78, 5) is 28.9. The molecular formula is C20H22N6O3S. The first kappa shape index (κ1) is 19.9. The highest BCUT2D eigenvalue weighted by Crippen LogP contribution is 2.31. The number of amides is 1. The summed E-state index contributed by atoms with van der Waals surface area (Å²) in [6, 6.07) is 9.34. The van der Waals surface area contributed by atoms with Crippen molar-refractivity contribution >= 4 is 33.9 Å². The normalized spacial score (nSPS) is 12.8. The number of carbonyl (C=O) groups excluding carboxylic acids is 1. The van der Waals surface area contributed by atoms with Crippen LogP contribution in [0.2, 0.25) is 0 Å². The fourth-order valence-corrected chi connectivity index (χ4v) is 4.17. The van der Waals surface area contributed by atoms with E-state index in [2.05, 4.69) is 30.5 Å². The van der Waals surface area contributed by atoms with Gasteiger partial charge in [-0.3, -0.25) is 10.1 Å². The molecule has 0 bridgehead atoms. The van der Waals surface area contributed by atoms with E-state index in [1.54, 1.807) is 25.3 Å². The number of aromatic nitrogens is 3. The van der Waals surface area contributed by atoms with Gasteiger partial charge in [0.15, 0.2) is 5.13 Å². The van der Waals surface area contributed by atoms with Crippen LogP contribution in [0.15, 0.2) is 30.3 Å². The number of anilines is 3. The molecule has 0 saturated carbocycles. The maximum atomic E-state index is 12.5. The Morgan fingerprint density at radius 3 is 2.63 bits per heavy atom. The molecule has 9 nitrogen and oxygen atoms in total. The molecule has 4 rings (SSSR count). The van der Waals surface area contributed by atoms with Crippen LogP contribution in [0.25, 0.3) is 0 Å². The van der Waals surface area contributed by atoms with Gasteiger partial charge in [0.2, 0.25) is 5.88 Å². The van der Waals surface area contributed by atoms with Crippen molar-refractivity contribution < 1.29 is 14.3 Å². The molecule has 0 atom stereocenters. The van der Waals surface area contributed by atoms with Crippen LogP contribution in [-0.2, 0) is 13.0 Å². The summed E-state index contributed by atoms with van der Waals surface area (Å²) < 4.78 is 10.4. The predicted octanol–water partition coefficient (Wildman–Crippen LogP) is 2.81. The molecule has 0 saturated heterocycles. The van der Waals surface area contributed by atoms with Gasteiger partial charge in [0, 0.05) is 42.2 Å². The van der Waals surface area contributed by atoms with Gasteiger partial charge in [-0.1, -0.05) is 11.3 Å². The maximum absolute atomic E-state index is 12.5. The van der Waals surface area contributed by atoms with E-state index in [0.717, 1.165) is 35.0 Å². The van der Waals surface area contributed by atoms with Crippen molar-refractivity contribution in [2.24, 2.45) is 0 Å². The van der Waals surface area contributed by atoms with E-state index in [1.165, 1.54) is 18.4 Å². The first-order valence-corrected chi connectivity index (χ1v) is 10.2. The molecule has 30 heavy (non-hydrogen) atoms. The van der Waals surface area contributed by atoms with E-state index in [1.807, 2.05) is 19.2 Å². The number of hydrogen-bond donors (Lipinski definition) is 2. The monoisotopic (exact) mass is 426 g/mol.